The van der Waals surface area contributed by atoms with Gasteiger partial charge in [-0.05, 0) is 25.6 Å². The first kappa shape index (κ1) is 9.31. The van der Waals surface area contributed by atoms with Crippen molar-refractivity contribution in [1.29, 1.82) is 5.26 Å². The molecule has 0 aromatic heterocycles. The van der Waals surface area contributed by atoms with E-state index >= 15 is 0 Å². The van der Waals surface area contributed by atoms with E-state index in [0.29, 0.717) is 0 Å². The van der Waals surface area contributed by atoms with Gasteiger partial charge in [-0.25, -0.2) is 0 Å². The van der Waals surface area contributed by atoms with Crippen LogP contribution >= 0.6 is 11.8 Å². The van der Waals surface area contributed by atoms with E-state index in [9.17, 15) is 4.79 Å². The molecule has 0 aliphatic rings. The molecule has 0 amide bonds. The number of nitrogens with zero attached hydrogens (tertiary/aromatic N) is 1. The minimum atomic E-state index is -0.747. The molecule has 0 heterocycles. The van der Waals surface area contributed by atoms with Crippen LogP contribution in [0.3, 0.4) is 0 Å². The third-order valence-corrected chi connectivity index (χ3v) is 1.75. The zero-order valence-electron chi connectivity index (χ0n) is 6.17. The topological polar surface area (TPSA) is 50.1 Å². The molecule has 0 rings (SSSR count). The van der Waals surface area contributed by atoms with Crippen molar-refractivity contribution in [3.05, 3.63) is 0 Å². The van der Waals surface area contributed by atoms with Crippen molar-refractivity contribution in [2.75, 3.05) is 7.11 Å². The number of carbonyl (C=O) groups is 1. The van der Waals surface area contributed by atoms with Crippen molar-refractivity contribution < 1.29 is 9.53 Å². The minimum Gasteiger partial charge on any atom is -0.468 e. The Morgan fingerprint density at radius 1 is 1.70 bits per heavy atom. The van der Waals surface area contributed by atoms with Crippen LogP contribution in [0.2, 0.25) is 0 Å². The molecule has 0 aliphatic carbocycles. The number of rotatable bonds is 2. The Bertz CT molecular complexity index is 171. The molecule has 0 bridgehead atoms. The fourth-order valence-electron chi connectivity index (χ4n) is 0.402. The van der Waals surface area contributed by atoms with Gasteiger partial charge in [0, 0.05) is 0 Å². The first-order valence-electron chi connectivity index (χ1n) is 2.70. The van der Waals surface area contributed by atoms with E-state index < -0.39 is 4.75 Å². The van der Waals surface area contributed by atoms with Crippen LogP contribution in [0.15, 0.2) is 0 Å². The lowest BCUT2D eigenvalue weighted by atomic mass is 10.2. The van der Waals surface area contributed by atoms with Crippen molar-refractivity contribution in [2.45, 2.75) is 18.6 Å². The smallest absolute Gasteiger partial charge is 0.322 e. The predicted molar refractivity (Wildman–Crippen MR) is 39.3 cm³/mol. The Hall–Kier alpha value is -0.690. The molecule has 3 nitrogen and oxygen atoms in total. The summed E-state index contributed by atoms with van der Waals surface area (Å²) < 4.78 is 3.71. The van der Waals surface area contributed by atoms with E-state index in [1.54, 1.807) is 13.8 Å². The number of carbonyl (C=O) groups excluding carboxylic acids is 1. The summed E-state index contributed by atoms with van der Waals surface area (Å²) in [5, 5.41) is 10.1. The standard InChI is InChI=1S/C6H9NO2S/c1-6(2,10-4-7)5(8)9-3/h1-3H3. The summed E-state index contributed by atoms with van der Waals surface area (Å²) in [6.45, 7) is 3.29. The third-order valence-electron chi connectivity index (χ3n) is 0.978. The predicted octanol–water partition coefficient (Wildman–Crippen LogP) is 1.15. The molecular formula is C6H9NO2S. The minimum absolute atomic E-state index is 0.376. The summed E-state index contributed by atoms with van der Waals surface area (Å²) in [6, 6.07) is 0. The molecule has 0 atom stereocenters. The molecule has 10 heavy (non-hydrogen) atoms. The fraction of sp³-hybridized carbons (Fsp3) is 0.667. The van der Waals surface area contributed by atoms with Crippen LogP contribution in [0, 0.1) is 10.7 Å². The number of hydrogen-bond acceptors (Lipinski definition) is 4. The molecule has 56 valence electrons. The van der Waals surface area contributed by atoms with E-state index in [-0.39, 0.29) is 5.97 Å². The van der Waals surface area contributed by atoms with Gasteiger partial charge in [0.25, 0.3) is 0 Å². The molecule has 0 spiro atoms. The van der Waals surface area contributed by atoms with Gasteiger partial charge in [-0.1, -0.05) is 0 Å². The maximum Gasteiger partial charge on any atom is 0.322 e. The molecule has 0 aromatic rings. The normalized spacial score (nSPS) is 10.2. The van der Waals surface area contributed by atoms with Gasteiger partial charge in [-0.2, -0.15) is 5.26 Å². The van der Waals surface area contributed by atoms with Gasteiger partial charge in [0.05, 0.1) is 7.11 Å². The van der Waals surface area contributed by atoms with Gasteiger partial charge in [0.1, 0.15) is 10.1 Å². The Kier molecular flexibility index (Phi) is 3.23. The van der Waals surface area contributed by atoms with Crippen molar-refractivity contribution in [3.8, 4) is 5.40 Å². The highest BCUT2D eigenvalue weighted by Gasteiger charge is 2.29. The lowest BCUT2D eigenvalue weighted by Crippen LogP contribution is -2.28. The average molecular weight is 159 g/mol. The summed E-state index contributed by atoms with van der Waals surface area (Å²) in [5.41, 5.74) is 0. The second kappa shape index (κ2) is 3.47. The van der Waals surface area contributed by atoms with Crippen molar-refractivity contribution in [2.24, 2.45) is 0 Å². The van der Waals surface area contributed by atoms with E-state index in [4.69, 9.17) is 5.26 Å². The number of methoxy groups -OCH3 is 1. The van der Waals surface area contributed by atoms with E-state index in [1.165, 1.54) is 7.11 Å². The van der Waals surface area contributed by atoms with Crippen LogP contribution < -0.4 is 0 Å². The summed E-state index contributed by atoms with van der Waals surface area (Å²) in [4.78, 5) is 10.8. The maximum atomic E-state index is 10.8. The SMILES string of the molecule is COC(=O)C(C)(C)SC#N. The van der Waals surface area contributed by atoms with Crippen molar-refractivity contribution in [1.82, 2.24) is 0 Å². The highest BCUT2D eigenvalue weighted by molar-refractivity contribution is 8.05. The van der Waals surface area contributed by atoms with Gasteiger partial charge in [-0.3, -0.25) is 4.79 Å². The van der Waals surface area contributed by atoms with Gasteiger partial charge >= 0.3 is 5.97 Å². The number of esters is 1. The van der Waals surface area contributed by atoms with Crippen LogP contribution in [0.1, 0.15) is 13.8 Å². The summed E-state index contributed by atoms with van der Waals surface area (Å²) in [5.74, 6) is -0.376. The van der Waals surface area contributed by atoms with Gasteiger partial charge in [0.2, 0.25) is 0 Å². The van der Waals surface area contributed by atoms with Crippen LogP contribution in [0.5, 0.6) is 0 Å². The molecule has 0 aliphatic heterocycles. The quantitative estimate of drug-likeness (QED) is 0.448. The van der Waals surface area contributed by atoms with E-state index in [2.05, 4.69) is 4.74 Å². The molecule has 4 heteroatoms. The van der Waals surface area contributed by atoms with Crippen molar-refractivity contribution in [3.63, 3.8) is 0 Å². The monoisotopic (exact) mass is 159 g/mol. The number of hydrogen-bond donors (Lipinski definition) is 0. The molecule has 0 radical (unpaired) electrons. The van der Waals surface area contributed by atoms with Crippen LogP contribution in [-0.4, -0.2) is 17.8 Å². The van der Waals surface area contributed by atoms with E-state index in [0.717, 1.165) is 11.8 Å². The zero-order chi connectivity index (χ0) is 8.20. The number of ether oxygens (including phenoxy) is 1. The maximum absolute atomic E-state index is 10.8. The summed E-state index contributed by atoms with van der Waals surface area (Å²) in [6.07, 6.45) is 0. The second-order valence-electron chi connectivity index (χ2n) is 2.20. The van der Waals surface area contributed by atoms with Gasteiger partial charge in [0.15, 0.2) is 0 Å². The largest absolute Gasteiger partial charge is 0.468 e. The molecule has 0 fully saturated rings. The number of thioether (sulfide) groups is 1. The third kappa shape index (κ3) is 2.28. The highest BCUT2D eigenvalue weighted by Crippen LogP contribution is 2.23. The number of nitriles is 1. The summed E-state index contributed by atoms with van der Waals surface area (Å²) in [7, 11) is 1.31. The van der Waals surface area contributed by atoms with Gasteiger partial charge in [-0.15, -0.1) is 0 Å². The van der Waals surface area contributed by atoms with Crippen LogP contribution in [0.4, 0.5) is 0 Å². The Morgan fingerprint density at radius 2 is 2.20 bits per heavy atom. The molecular weight excluding hydrogens is 150 g/mol. The van der Waals surface area contributed by atoms with E-state index in [1.807, 2.05) is 5.40 Å². The molecule has 0 aromatic carbocycles. The zero-order valence-corrected chi connectivity index (χ0v) is 6.99. The Morgan fingerprint density at radius 3 is 2.50 bits per heavy atom. The number of thiocyanates is 1. The molecule has 0 saturated heterocycles. The lowest BCUT2D eigenvalue weighted by Gasteiger charge is -2.15. The summed E-state index contributed by atoms with van der Waals surface area (Å²) >= 11 is 0.897. The van der Waals surface area contributed by atoms with Crippen LogP contribution in [-0.2, 0) is 9.53 Å². The molecule has 0 saturated carbocycles. The highest BCUT2D eigenvalue weighted by atomic mass is 32.2. The average Bonchev–Trinajstić information content (AvgIpc) is 1.86. The van der Waals surface area contributed by atoms with Crippen molar-refractivity contribution >= 4 is 17.7 Å². The first-order chi connectivity index (χ1) is 4.54. The fourth-order valence-corrected chi connectivity index (χ4v) is 0.796. The Balaban J connectivity index is 4.13. The molecule has 0 unspecified atom stereocenters. The molecule has 0 N–H and O–H groups in total. The lowest BCUT2D eigenvalue weighted by molar-refractivity contribution is -0.142. The second-order valence-corrected chi connectivity index (χ2v) is 3.60. The Labute approximate surface area is 64.4 Å². The first-order valence-corrected chi connectivity index (χ1v) is 3.51. The van der Waals surface area contributed by atoms with Crippen LogP contribution in [0.25, 0.3) is 0 Å². The van der Waals surface area contributed by atoms with Gasteiger partial charge < -0.3 is 4.74 Å².